The van der Waals surface area contributed by atoms with Gasteiger partial charge in [-0.2, -0.15) is 0 Å². The summed E-state index contributed by atoms with van der Waals surface area (Å²) in [6, 6.07) is 0. The molecule has 0 unspecified atom stereocenters. The Bertz CT molecular complexity index is 521. The van der Waals surface area contributed by atoms with Crippen LogP contribution in [0.3, 0.4) is 0 Å². The topological polar surface area (TPSA) is 43.4 Å². The van der Waals surface area contributed by atoms with E-state index in [4.69, 9.17) is 4.43 Å². The zero-order chi connectivity index (χ0) is 18.7. The summed E-state index contributed by atoms with van der Waals surface area (Å²) in [7, 11) is -1.87. The van der Waals surface area contributed by atoms with Gasteiger partial charge >= 0.3 is 0 Å². The van der Waals surface area contributed by atoms with Crippen LogP contribution < -0.4 is 0 Å². The molecule has 0 radical (unpaired) electrons. The van der Waals surface area contributed by atoms with Gasteiger partial charge in [0, 0.05) is 0 Å². The van der Waals surface area contributed by atoms with Crippen molar-refractivity contribution in [2.24, 2.45) is 5.41 Å². The van der Waals surface area contributed by atoms with Gasteiger partial charge in [-0.1, -0.05) is 59.3 Å². The Morgan fingerprint density at radius 1 is 1.12 bits per heavy atom. The smallest absolute Gasteiger partial charge is 0.222 e. The fourth-order valence-electron chi connectivity index (χ4n) is 4.04. The highest BCUT2D eigenvalue weighted by atomic mass is 28.4. The normalized spacial score (nSPS) is 22.5. The molecule has 0 bridgehead atoms. The van der Waals surface area contributed by atoms with Crippen molar-refractivity contribution in [3.63, 3.8) is 0 Å². The first-order valence-electron chi connectivity index (χ1n) is 9.05. The molecule has 0 aromatic rings. The molecule has 136 valence electrons. The molecular formula is C20H34O3Si. The van der Waals surface area contributed by atoms with E-state index in [2.05, 4.69) is 54.5 Å². The molecule has 0 heterocycles. The molecule has 0 fully saturated rings. The Labute approximate surface area is 148 Å². The first-order valence-corrected chi connectivity index (χ1v) is 11.2. The highest BCUT2D eigenvalue weighted by molar-refractivity contribution is 6.77. The van der Waals surface area contributed by atoms with Crippen LogP contribution in [0.4, 0.5) is 0 Å². The molecular weight excluding hydrogens is 316 g/mol. The maximum absolute atomic E-state index is 12.0. The van der Waals surface area contributed by atoms with Gasteiger partial charge in [-0.25, -0.2) is 0 Å². The summed E-state index contributed by atoms with van der Waals surface area (Å²) in [5.74, 6) is -0.687. The van der Waals surface area contributed by atoms with Crippen molar-refractivity contribution < 1.29 is 14.0 Å². The predicted octanol–water partition coefficient (Wildman–Crippen LogP) is 5.23. The quantitative estimate of drug-likeness (QED) is 0.342. The van der Waals surface area contributed by atoms with Gasteiger partial charge in [0.15, 0.2) is 0 Å². The second kappa shape index (κ2) is 7.92. The third kappa shape index (κ3) is 4.15. The molecule has 0 amide bonds. The lowest BCUT2D eigenvalue weighted by Crippen LogP contribution is -2.48. The van der Waals surface area contributed by atoms with Gasteiger partial charge in [0.25, 0.3) is 0 Å². The Balaban J connectivity index is 2.80. The molecule has 3 nitrogen and oxygen atoms in total. The number of carbonyl (C=O) groups is 2. The predicted molar refractivity (Wildman–Crippen MR) is 103 cm³/mol. The van der Waals surface area contributed by atoms with E-state index >= 15 is 0 Å². The van der Waals surface area contributed by atoms with Crippen molar-refractivity contribution in [3.8, 4) is 0 Å². The van der Waals surface area contributed by atoms with E-state index in [0.29, 0.717) is 29.7 Å². The van der Waals surface area contributed by atoms with Crippen LogP contribution in [0.2, 0.25) is 16.6 Å². The third-order valence-electron chi connectivity index (χ3n) is 5.48. The maximum atomic E-state index is 12.0. The van der Waals surface area contributed by atoms with Crippen LogP contribution in [-0.4, -0.2) is 26.5 Å². The van der Waals surface area contributed by atoms with Crippen molar-refractivity contribution >= 4 is 19.9 Å². The van der Waals surface area contributed by atoms with Crippen molar-refractivity contribution in [2.45, 2.75) is 78.4 Å². The molecule has 4 heteroatoms. The first-order chi connectivity index (χ1) is 11.0. The fourth-order valence-corrected chi connectivity index (χ4v) is 9.51. The van der Waals surface area contributed by atoms with E-state index in [1.54, 1.807) is 6.08 Å². The van der Waals surface area contributed by atoms with E-state index in [1.807, 2.05) is 6.92 Å². The Kier molecular flexibility index (Phi) is 6.94. The number of rotatable bonds is 8. The Morgan fingerprint density at radius 3 is 2.00 bits per heavy atom. The highest BCUT2D eigenvalue weighted by Gasteiger charge is 2.45. The molecule has 0 saturated carbocycles. The van der Waals surface area contributed by atoms with E-state index in [-0.39, 0.29) is 11.6 Å². The number of hydrogen-bond acceptors (Lipinski definition) is 3. The Morgan fingerprint density at radius 2 is 1.62 bits per heavy atom. The van der Waals surface area contributed by atoms with Gasteiger partial charge in [0.1, 0.15) is 0 Å². The summed E-state index contributed by atoms with van der Waals surface area (Å²) in [4.78, 5) is 23.4. The van der Waals surface area contributed by atoms with Crippen LogP contribution in [0.5, 0.6) is 0 Å². The van der Waals surface area contributed by atoms with Crippen molar-refractivity contribution in [2.75, 3.05) is 6.61 Å². The molecule has 24 heavy (non-hydrogen) atoms. The van der Waals surface area contributed by atoms with E-state index < -0.39 is 13.7 Å². The van der Waals surface area contributed by atoms with E-state index in [9.17, 15) is 9.59 Å². The molecule has 0 saturated heterocycles. The van der Waals surface area contributed by atoms with Gasteiger partial charge < -0.3 is 4.43 Å². The monoisotopic (exact) mass is 350 g/mol. The molecule has 1 aliphatic rings. The summed E-state index contributed by atoms with van der Waals surface area (Å²) in [6.45, 7) is 18.2. The average Bonchev–Trinajstić information content (AvgIpc) is 2.73. The maximum Gasteiger partial charge on any atom is 0.222 e. The zero-order valence-corrected chi connectivity index (χ0v) is 17.6. The number of carbonyl (C=O) groups excluding carboxylic acids is 2. The van der Waals surface area contributed by atoms with E-state index in [1.165, 1.54) is 6.08 Å². The fraction of sp³-hybridized carbons (Fsp3) is 0.700. The van der Waals surface area contributed by atoms with Crippen LogP contribution in [0.1, 0.15) is 61.8 Å². The average molecular weight is 351 g/mol. The minimum atomic E-state index is -1.87. The van der Waals surface area contributed by atoms with Crippen LogP contribution in [-0.2, 0) is 14.0 Å². The minimum absolute atomic E-state index is 0.303. The molecule has 1 aliphatic carbocycles. The van der Waals surface area contributed by atoms with Crippen LogP contribution >= 0.6 is 0 Å². The summed E-state index contributed by atoms with van der Waals surface area (Å²) in [6.07, 6.45) is 5.75. The summed E-state index contributed by atoms with van der Waals surface area (Å²) >= 11 is 0. The lowest BCUT2D eigenvalue weighted by atomic mass is 9.84. The molecule has 1 rings (SSSR count). The molecule has 0 aliphatic heterocycles. The number of ketones is 2. The van der Waals surface area contributed by atoms with Crippen LogP contribution in [0, 0.1) is 5.41 Å². The first kappa shape index (κ1) is 21.0. The Hall–Kier alpha value is -1.00. The minimum Gasteiger partial charge on any atom is -0.412 e. The van der Waals surface area contributed by atoms with Crippen LogP contribution in [0.15, 0.2) is 23.8 Å². The van der Waals surface area contributed by atoms with E-state index in [0.717, 1.165) is 5.57 Å². The van der Waals surface area contributed by atoms with Crippen LogP contribution in [0.25, 0.3) is 0 Å². The van der Waals surface area contributed by atoms with Crippen molar-refractivity contribution in [3.05, 3.63) is 23.8 Å². The summed E-state index contributed by atoms with van der Waals surface area (Å²) in [5, 5.41) is 0. The zero-order valence-electron chi connectivity index (χ0n) is 16.6. The lowest BCUT2D eigenvalue weighted by molar-refractivity contribution is -0.136. The summed E-state index contributed by atoms with van der Waals surface area (Å²) in [5.41, 5.74) is 2.12. The number of allylic oxidation sites excluding steroid dienone is 3. The number of hydrogen-bond donors (Lipinski definition) is 0. The second-order valence-corrected chi connectivity index (χ2v) is 13.8. The van der Waals surface area contributed by atoms with Crippen molar-refractivity contribution in [1.29, 1.82) is 0 Å². The highest BCUT2D eigenvalue weighted by Crippen LogP contribution is 2.42. The standard InChI is InChI=1S/C20H34O3Si/c1-14(2)24(15(3)4,16(5)6)23-13-17(7)9-11-20(8)12-10-18(21)19(20)22/h9-10,12,14-16H,11,13H2,1-8H3/b17-9+/t20-/m0/s1. The lowest BCUT2D eigenvalue weighted by Gasteiger charge is -2.42. The molecule has 0 aromatic heterocycles. The van der Waals surface area contributed by atoms with Gasteiger partial charge in [-0.15, -0.1) is 0 Å². The molecule has 0 spiro atoms. The largest absolute Gasteiger partial charge is 0.412 e. The number of Topliss-reactive ketones (excluding diaryl/α,β-unsaturated/α-hetero) is 1. The SMILES string of the molecule is C/C(=C\C[C@@]1(C)C=CC(=O)C1=O)CO[Si](C(C)C)(C(C)C)C(C)C. The molecule has 0 N–H and O–H groups in total. The third-order valence-corrected chi connectivity index (χ3v) is 11.5. The van der Waals surface area contributed by atoms with Crippen molar-refractivity contribution in [1.82, 2.24) is 0 Å². The molecule has 0 aromatic carbocycles. The van der Waals surface area contributed by atoms with Gasteiger partial charge in [-0.05, 0) is 43.0 Å². The molecule has 1 atom stereocenters. The second-order valence-electron chi connectivity index (χ2n) is 8.31. The van der Waals surface area contributed by atoms with Gasteiger partial charge in [-0.3, -0.25) is 9.59 Å². The van der Waals surface area contributed by atoms with Gasteiger partial charge in [0.05, 0.1) is 12.0 Å². The van der Waals surface area contributed by atoms with Gasteiger partial charge in [0.2, 0.25) is 19.9 Å². The summed E-state index contributed by atoms with van der Waals surface area (Å²) < 4.78 is 6.57.